The van der Waals surface area contributed by atoms with Crippen molar-refractivity contribution in [2.24, 2.45) is 11.8 Å². The minimum atomic E-state index is -0.933. The van der Waals surface area contributed by atoms with Gasteiger partial charge in [0.1, 0.15) is 6.04 Å². The van der Waals surface area contributed by atoms with Crippen LogP contribution in [-0.4, -0.2) is 43.0 Å². The summed E-state index contributed by atoms with van der Waals surface area (Å²) in [6.45, 7) is 13.4. The van der Waals surface area contributed by atoms with E-state index in [2.05, 4.69) is 36.7 Å². The maximum absolute atomic E-state index is 12.6. The maximum Gasteiger partial charge on any atom is 0.329 e. The predicted octanol–water partition coefficient (Wildman–Crippen LogP) is 2.76. The van der Waals surface area contributed by atoms with Gasteiger partial charge >= 0.3 is 12.0 Å². The molecule has 0 unspecified atom stereocenters. The van der Waals surface area contributed by atoms with E-state index < -0.39 is 36.5 Å². The highest BCUT2D eigenvalue weighted by Gasteiger charge is 2.27. The van der Waals surface area contributed by atoms with E-state index in [1.165, 1.54) is 0 Å². The van der Waals surface area contributed by atoms with E-state index in [0.29, 0.717) is 12.1 Å². The van der Waals surface area contributed by atoms with Crippen molar-refractivity contribution in [2.45, 2.75) is 59.9 Å². The normalized spacial score (nSPS) is 12.3. The van der Waals surface area contributed by atoms with Crippen molar-refractivity contribution in [3.63, 3.8) is 0 Å². The van der Waals surface area contributed by atoms with E-state index in [9.17, 15) is 19.2 Å². The number of rotatable bonds is 8. The lowest BCUT2D eigenvalue weighted by Gasteiger charge is -2.22. The number of imide groups is 1. The van der Waals surface area contributed by atoms with Crippen molar-refractivity contribution < 1.29 is 23.9 Å². The molecule has 4 amide bonds. The summed E-state index contributed by atoms with van der Waals surface area (Å²) in [5.41, 5.74) is 1.48. The Morgan fingerprint density at radius 2 is 1.55 bits per heavy atom. The second kappa shape index (κ2) is 11.5. The molecule has 0 saturated carbocycles. The molecule has 0 aliphatic carbocycles. The third-order valence-electron chi connectivity index (χ3n) is 4.49. The Bertz CT molecular complexity index is 779. The lowest BCUT2D eigenvalue weighted by atomic mass is 9.86. The summed E-state index contributed by atoms with van der Waals surface area (Å²) in [7, 11) is 0. The first kappa shape index (κ1) is 26.1. The molecule has 0 radical (unpaired) electrons. The average molecular weight is 434 g/mol. The average Bonchev–Trinajstić information content (AvgIpc) is 2.67. The fraction of sp³-hybridized carbons (Fsp3) is 0.565. The molecule has 0 aliphatic rings. The van der Waals surface area contributed by atoms with Gasteiger partial charge in [-0.05, 0) is 34.9 Å². The molecule has 0 fully saturated rings. The summed E-state index contributed by atoms with van der Waals surface area (Å²) in [6, 6.07) is 5.60. The molecule has 0 aliphatic heterocycles. The van der Waals surface area contributed by atoms with Crippen LogP contribution in [0.15, 0.2) is 24.3 Å². The highest BCUT2D eigenvalue weighted by atomic mass is 16.5. The number of urea groups is 1. The number of carbonyl (C=O) groups is 4. The van der Waals surface area contributed by atoms with Crippen LogP contribution in [0.1, 0.15) is 64.4 Å². The van der Waals surface area contributed by atoms with E-state index in [1.54, 1.807) is 26.0 Å². The van der Waals surface area contributed by atoms with Crippen LogP contribution >= 0.6 is 0 Å². The number of hydrogen-bond acceptors (Lipinski definition) is 5. The second-order valence-electron chi connectivity index (χ2n) is 9.28. The Morgan fingerprint density at radius 1 is 0.968 bits per heavy atom. The SMILES string of the molecule is CC(C)CNC(=O)NC(=O)COC(=O)[C@@H](NC(=O)c1ccc(C(C)(C)C)cc1)C(C)C. The molecule has 1 atom stereocenters. The van der Waals surface area contributed by atoms with Gasteiger partial charge in [0, 0.05) is 12.1 Å². The standard InChI is InChI=1S/C23H35N3O5/c1-14(2)12-24-22(30)25-18(27)13-31-21(29)19(15(3)4)26-20(28)16-8-10-17(11-9-16)23(5,6)7/h8-11,14-15,19H,12-13H2,1-7H3,(H,26,28)(H2,24,25,27,30)/t19-/m0/s1. The molecule has 0 aromatic heterocycles. The zero-order valence-electron chi connectivity index (χ0n) is 19.5. The fourth-order valence-electron chi connectivity index (χ4n) is 2.57. The largest absolute Gasteiger partial charge is 0.454 e. The van der Waals surface area contributed by atoms with Gasteiger partial charge in [0.15, 0.2) is 6.61 Å². The molecule has 0 heterocycles. The van der Waals surface area contributed by atoms with Gasteiger partial charge in [-0.2, -0.15) is 0 Å². The van der Waals surface area contributed by atoms with Crippen molar-refractivity contribution in [2.75, 3.05) is 13.2 Å². The van der Waals surface area contributed by atoms with Gasteiger partial charge in [0.2, 0.25) is 0 Å². The Labute approximate surface area is 184 Å². The summed E-state index contributed by atoms with van der Waals surface area (Å²) < 4.78 is 5.01. The third-order valence-corrected chi connectivity index (χ3v) is 4.49. The molecule has 1 rings (SSSR count). The number of amides is 4. The van der Waals surface area contributed by atoms with Crippen LogP contribution in [0.5, 0.6) is 0 Å². The Balaban J connectivity index is 2.64. The molecular formula is C23H35N3O5. The first-order valence-corrected chi connectivity index (χ1v) is 10.5. The molecule has 0 saturated heterocycles. The number of hydrogen-bond donors (Lipinski definition) is 3. The molecule has 3 N–H and O–H groups in total. The van der Waals surface area contributed by atoms with Crippen molar-refractivity contribution >= 4 is 23.8 Å². The van der Waals surface area contributed by atoms with Crippen molar-refractivity contribution in [1.29, 1.82) is 0 Å². The van der Waals surface area contributed by atoms with E-state index >= 15 is 0 Å². The number of carbonyl (C=O) groups excluding carboxylic acids is 4. The van der Waals surface area contributed by atoms with E-state index in [-0.39, 0.29) is 17.3 Å². The number of benzene rings is 1. The molecule has 1 aromatic carbocycles. The van der Waals surface area contributed by atoms with Gasteiger partial charge in [-0.15, -0.1) is 0 Å². The minimum Gasteiger partial charge on any atom is -0.454 e. The van der Waals surface area contributed by atoms with Gasteiger partial charge in [0.25, 0.3) is 11.8 Å². The fourth-order valence-corrected chi connectivity index (χ4v) is 2.57. The topological polar surface area (TPSA) is 114 Å². The van der Waals surface area contributed by atoms with Gasteiger partial charge in [-0.3, -0.25) is 14.9 Å². The Hall–Kier alpha value is -2.90. The number of nitrogens with one attached hydrogen (secondary N) is 3. The first-order valence-electron chi connectivity index (χ1n) is 10.5. The molecule has 0 spiro atoms. The Kier molecular flexibility index (Phi) is 9.68. The molecular weight excluding hydrogens is 398 g/mol. The smallest absolute Gasteiger partial charge is 0.329 e. The summed E-state index contributed by atoms with van der Waals surface area (Å²) in [5, 5.41) is 7.28. The van der Waals surface area contributed by atoms with Crippen LogP contribution in [0, 0.1) is 11.8 Å². The Morgan fingerprint density at radius 3 is 2.03 bits per heavy atom. The highest BCUT2D eigenvalue weighted by molar-refractivity contribution is 5.98. The summed E-state index contributed by atoms with van der Waals surface area (Å²) in [6.07, 6.45) is 0. The molecule has 0 bridgehead atoms. The third kappa shape index (κ3) is 9.19. The van der Waals surface area contributed by atoms with E-state index in [0.717, 1.165) is 5.56 Å². The number of esters is 1. The molecule has 172 valence electrons. The maximum atomic E-state index is 12.6. The zero-order chi connectivity index (χ0) is 23.8. The monoisotopic (exact) mass is 433 g/mol. The van der Waals surface area contributed by atoms with Crippen molar-refractivity contribution in [3.8, 4) is 0 Å². The van der Waals surface area contributed by atoms with E-state index in [4.69, 9.17) is 4.74 Å². The lowest BCUT2D eigenvalue weighted by molar-refractivity contribution is -0.151. The van der Waals surface area contributed by atoms with E-state index in [1.807, 2.05) is 26.0 Å². The van der Waals surface area contributed by atoms with Gasteiger partial charge in [-0.1, -0.05) is 60.6 Å². The summed E-state index contributed by atoms with van der Waals surface area (Å²) in [4.78, 5) is 48.4. The first-order chi connectivity index (χ1) is 14.3. The zero-order valence-corrected chi connectivity index (χ0v) is 19.5. The number of ether oxygens (including phenoxy) is 1. The van der Waals surface area contributed by atoms with Gasteiger partial charge in [-0.25, -0.2) is 9.59 Å². The van der Waals surface area contributed by atoms with Crippen LogP contribution in [0.2, 0.25) is 0 Å². The molecule has 31 heavy (non-hydrogen) atoms. The van der Waals surface area contributed by atoms with Gasteiger partial charge < -0.3 is 15.4 Å². The van der Waals surface area contributed by atoms with Crippen LogP contribution < -0.4 is 16.0 Å². The van der Waals surface area contributed by atoms with Crippen LogP contribution in [0.25, 0.3) is 0 Å². The molecule has 8 nitrogen and oxygen atoms in total. The quantitative estimate of drug-likeness (QED) is 0.546. The van der Waals surface area contributed by atoms with Crippen LogP contribution in [-0.2, 0) is 19.7 Å². The molecule has 8 heteroatoms. The molecule has 1 aromatic rings. The summed E-state index contributed by atoms with van der Waals surface area (Å²) in [5.74, 6) is -1.93. The van der Waals surface area contributed by atoms with Crippen molar-refractivity contribution in [1.82, 2.24) is 16.0 Å². The van der Waals surface area contributed by atoms with Gasteiger partial charge in [0.05, 0.1) is 0 Å². The minimum absolute atomic E-state index is 0.0362. The summed E-state index contributed by atoms with van der Waals surface area (Å²) >= 11 is 0. The predicted molar refractivity (Wildman–Crippen MR) is 119 cm³/mol. The van der Waals surface area contributed by atoms with Crippen LogP contribution in [0.3, 0.4) is 0 Å². The second-order valence-corrected chi connectivity index (χ2v) is 9.28. The highest BCUT2D eigenvalue weighted by Crippen LogP contribution is 2.22. The van der Waals surface area contributed by atoms with Crippen molar-refractivity contribution in [3.05, 3.63) is 35.4 Å². The lowest BCUT2D eigenvalue weighted by Crippen LogP contribution is -2.47. The van der Waals surface area contributed by atoms with Crippen LogP contribution in [0.4, 0.5) is 4.79 Å².